The van der Waals surface area contributed by atoms with Gasteiger partial charge in [0.25, 0.3) is 0 Å². The summed E-state index contributed by atoms with van der Waals surface area (Å²) in [6.45, 7) is 5.60. The molecule has 0 radical (unpaired) electrons. The van der Waals surface area contributed by atoms with Gasteiger partial charge >= 0.3 is 0 Å². The lowest BCUT2D eigenvalue weighted by molar-refractivity contribution is 0.395. The quantitative estimate of drug-likeness (QED) is 0.762. The Hall–Kier alpha value is -1.76. The number of aromatic nitrogens is 2. The molecule has 0 aliphatic heterocycles. The number of terminal acetylenes is 1. The Balaban J connectivity index is 2.96. The summed E-state index contributed by atoms with van der Waals surface area (Å²) in [7, 11) is 1.57. The zero-order valence-corrected chi connectivity index (χ0v) is 9.46. The van der Waals surface area contributed by atoms with Crippen molar-refractivity contribution in [2.45, 2.75) is 26.3 Å². The van der Waals surface area contributed by atoms with Crippen LogP contribution in [0.5, 0.6) is 5.88 Å². The van der Waals surface area contributed by atoms with Crippen molar-refractivity contribution in [3.63, 3.8) is 0 Å². The molecule has 0 aromatic carbocycles. The number of aryl methyl sites for hydroxylation is 1. The molecule has 0 saturated heterocycles. The lowest BCUT2D eigenvalue weighted by Gasteiger charge is -2.20. The monoisotopic (exact) mass is 205 g/mol. The van der Waals surface area contributed by atoms with Crippen LogP contribution < -0.4 is 10.1 Å². The third kappa shape index (κ3) is 3.13. The van der Waals surface area contributed by atoms with Crippen LogP contribution >= 0.6 is 0 Å². The van der Waals surface area contributed by atoms with Crippen LogP contribution in [0.3, 0.4) is 0 Å². The molecule has 1 rings (SSSR count). The first kappa shape index (κ1) is 11.3. The van der Waals surface area contributed by atoms with Gasteiger partial charge in [0.1, 0.15) is 11.6 Å². The standard InChI is InChI=1S/C11H15N3O/c1-6-11(3,4)14-9-7-10(15-5)13-8(2)12-9/h1,7H,2-5H3,(H,12,13,14). The van der Waals surface area contributed by atoms with Gasteiger partial charge in [0.05, 0.1) is 12.6 Å². The maximum absolute atomic E-state index is 5.38. The molecular weight excluding hydrogens is 190 g/mol. The van der Waals surface area contributed by atoms with E-state index in [1.165, 1.54) is 0 Å². The highest BCUT2D eigenvalue weighted by Gasteiger charge is 2.14. The first-order valence-electron chi connectivity index (χ1n) is 4.62. The average molecular weight is 205 g/mol. The second-order valence-electron chi connectivity index (χ2n) is 3.74. The highest BCUT2D eigenvalue weighted by Crippen LogP contribution is 2.16. The molecule has 0 atom stereocenters. The van der Waals surface area contributed by atoms with Crippen LogP contribution in [0.1, 0.15) is 19.7 Å². The molecule has 1 heterocycles. The highest BCUT2D eigenvalue weighted by atomic mass is 16.5. The second kappa shape index (κ2) is 4.18. The van der Waals surface area contributed by atoms with E-state index in [0.717, 1.165) is 0 Å². The normalized spacial score (nSPS) is 10.6. The number of nitrogens with zero attached hydrogens (tertiary/aromatic N) is 2. The van der Waals surface area contributed by atoms with Crippen LogP contribution in [0.2, 0.25) is 0 Å². The molecule has 0 spiro atoms. The van der Waals surface area contributed by atoms with E-state index in [4.69, 9.17) is 11.2 Å². The number of hydrogen-bond acceptors (Lipinski definition) is 4. The number of hydrogen-bond donors (Lipinski definition) is 1. The largest absolute Gasteiger partial charge is 0.481 e. The van der Waals surface area contributed by atoms with E-state index in [1.807, 2.05) is 13.8 Å². The summed E-state index contributed by atoms with van der Waals surface area (Å²) in [4.78, 5) is 8.30. The molecule has 0 amide bonds. The molecule has 0 aliphatic rings. The second-order valence-corrected chi connectivity index (χ2v) is 3.74. The van der Waals surface area contributed by atoms with Gasteiger partial charge in [0.2, 0.25) is 5.88 Å². The Bertz CT molecular complexity index is 393. The molecule has 1 N–H and O–H groups in total. The predicted octanol–water partition coefficient (Wildman–Crippen LogP) is 1.62. The van der Waals surface area contributed by atoms with Crippen molar-refractivity contribution in [3.05, 3.63) is 11.9 Å². The highest BCUT2D eigenvalue weighted by molar-refractivity contribution is 5.43. The fraction of sp³-hybridized carbons (Fsp3) is 0.455. The Labute approximate surface area is 90.1 Å². The molecule has 80 valence electrons. The molecule has 15 heavy (non-hydrogen) atoms. The number of anilines is 1. The molecule has 0 aliphatic carbocycles. The molecule has 4 heteroatoms. The van der Waals surface area contributed by atoms with E-state index in [9.17, 15) is 0 Å². The summed E-state index contributed by atoms with van der Waals surface area (Å²) in [5, 5.41) is 3.12. The zero-order chi connectivity index (χ0) is 11.5. The van der Waals surface area contributed by atoms with E-state index in [2.05, 4.69) is 21.2 Å². The summed E-state index contributed by atoms with van der Waals surface area (Å²) >= 11 is 0. The molecule has 1 aromatic rings. The van der Waals surface area contributed by atoms with Crippen LogP contribution in [0, 0.1) is 19.3 Å². The summed E-state index contributed by atoms with van der Waals surface area (Å²) < 4.78 is 5.04. The Morgan fingerprint density at radius 2 is 2.13 bits per heavy atom. The minimum atomic E-state index is -0.439. The van der Waals surface area contributed by atoms with Crippen LogP contribution in [0.25, 0.3) is 0 Å². The van der Waals surface area contributed by atoms with Crippen molar-refractivity contribution in [1.82, 2.24) is 9.97 Å². The van der Waals surface area contributed by atoms with Crippen molar-refractivity contribution in [2.24, 2.45) is 0 Å². The number of rotatable bonds is 3. The maximum atomic E-state index is 5.38. The van der Waals surface area contributed by atoms with E-state index < -0.39 is 5.54 Å². The summed E-state index contributed by atoms with van der Waals surface area (Å²) in [5.41, 5.74) is -0.439. The molecule has 0 saturated carbocycles. The predicted molar refractivity (Wildman–Crippen MR) is 59.9 cm³/mol. The smallest absolute Gasteiger partial charge is 0.218 e. The van der Waals surface area contributed by atoms with E-state index in [-0.39, 0.29) is 0 Å². The van der Waals surface area contributed by atoms with Gasteiger partial charge in [-0.3, -0.25) is 0 Å². The summed E-state index contributed by atoms with van der Waals surface area (Å²) in [5.74, 6) is 4.47. The van der Waals surface area contributed by atoms with E-state index >= 15 is 0 Å². The topological polar surface area (TPSA) is 47.0 Å². The summed E-state index contributed by atoms with van der Waals surface area (Å²) in [6.07, 6.45) is 5.38. The van der Waals surface area contributed by atoms with Gasteiger partial charge in [-0.05, 0) is 20.8 Å². The van der Waals surface area contributed by atoms with Crippen LogP contribution in [-0.2, 0) is 0 Å². The van der Waals surface area contributed by atoms with E-state index in [1.54, 1.807) is 20.1 Å². The van der Waals surface area contributed by atoms with Crippen LogP contribution in [-0.4, -0.2) is 22.6 Å². The van der Waals surface area contributed by atoms with Crippen molar-refractivity contribution in [3.8, 4) is 18.2 Å². The lowest BCUT2D eigenvalue weighted by atomic mass is 10.1. The first-order chi connectivity index (χ1) is 6.96. The Morgan fingerprint density at radius 3 is 2.67 bits per heavy atom. The fourth-order valence-corrected chi connectivity index (χ4v) is 1.07. The van der Waals surface area contributed by atoms with Crippen molar-refractivity contribution in [1.29, 1.82) is 0 Å². The van der Waals surface area contributed by atoms with Gasteiger partial charge in [-0.1, -0.05) is 5.92 Å². The van der Waals surface area contributed by atoms with Crippen molar-refractivity contribution in [2.75, 3.05) is 12.4 Å². The molecule has 0 unspecified atom stereocenters. The third-order valence-electron chi connectivity index (χ3n) is 1.82. The van der Waals surface area contributed by atoms with Crippen molar-refractivity contribution < 1.29 is 4.74 Å². The molecular formula is C11H15N3O. The van der Waals surface area contributed by atoms with E-state index in [0.29, 0.717) is 17.5 Å². The Morgan fingerprint density at radius 1 is 1.47 bits per heavy atom. The van der Waals surface area contributed by atoms with Crippen molar-refractivity contribution >= 4 is 5.82 Å². The van der Waals surface area contributed by atoms with Gasteiger partial charge in [0, 0.05) is 6.07 Å². The number of nitrogens with one attached hydrogen (secondary N) is 1. The van der Waals surface area contributed by atoms with Crippen LogP contribution in [0.15, 0.2) is 6.07 Å². The average Bonchev–Trinajstić information content (AvgIpc) is 2.16. The van der Waals surface area contributed by atoms with Crippen LogP contribution in [0.4, 0.5) is 5.82 Å². The first-order valence-corrected chi connectivity index (χ1v) is 4.62. The van der Waals surface area contributed by atoms with Gasteiger partial charge in [-0.15, -0.1) is 6.42 Å². The molecule has 0 bridgehead atoms. The molecule has 1 aromatic heterocycles. The van der Waals surface area contributed by atoms with Gasteiger partial charge in [0.15, 0.2) is 0 Å². The lowest BCUT2D eigenvalue weighted by Crippen LogP contribution is -2.29. The van der Waals surface area contributed by atoms with Gasteiger partial charge in [-0.2, -0.15) is 4.98 Å². The van der Waals surface area contributed by atoms with Gasteiger partial charge < -0.3 is 10.1 Å². The minimum Gasteiger partial charge on any atom is -0.481 e. The maximum Gasteiger partial charge on any atom is 0.218 e. The minimum absolute atomic E-state index is 0.439. The number of ether oxygens (including phenoxy) is 1. The van der Waals surface area contributed by atoms with Gasteiger partial charge in [-0.25, -0.2) is 4.98 Å². The molecule has 4 nitrogen and oxygen atoms in total. The fourth-order valence-electron chi connectivity index (χ4n) is 1.07. The number of methoxy groups -OCH3 is 1. The SMILES string of the molecule is C#CC(C)(C)Nc1cc(OC)nc(C)n1. The Kier molecular flexibility index (Phi) is 3.15. The molecule has 0 fully saturated rings. The third-order valence-corrected chi connectivity index (χ3v) is 1.82. The summed E-state index contributed by atoms with van der Waals surface area (Å²) in [6, 6.07) is 1.71. The zero-order valence-electron chi connectivity index (χ0n) is 9.46.